The van der Waals surface area contributed by atoms with Crippen LogP contribution in [0, 0.1) is 28.6 Å². The van der Waals surface area contributed by atoms with Crippen molar-refractivity contribution in [1.82, 2.24) is 0 Å². The van der Waals surface area contributed by atoms with Gasteiger partial charge in [0.2, 0.25) is 0 Å². The topological polar surface area (TPSA) is 94.8 Å². The first-order chi connectivity index (χ1) is 12.2. The highest BCUT2D eigenvalue weighted by molar-refractivity contribution is 6.01. The van der Waals surface area contributed by atoms with Gasteiger partial charge in [0.05, 0.1) is 6.10 Å². The summed E-state index contributed by atoms with van der Waals surface area (Å²) in [5.74, 6) is -0.227. The van der Waals surface area contributed by atoms with Gasteiger partial charge in [-0.3, -0.25) is 9.59 Å². The Hall–Kier alpha value is -1.30. The lowest BCUT2D eigenvalue weighted by Gasteiger charge is -2.59. The van der Waals surface area contributed by atoms with Crippen LogP contribution in [0.3, 0.4) is 0 Å². The largest absolute Gasteiger partial charge is 0.393 e. The molecule has 4 aliphatic carbocycles. The molecule has 0 bridgehead atoms. The highest BCUT2D eigenvalue weighted by Gasteiger charge is 2.67. The van der Waals surface area contributed by atoms with E-state index in [0.717, 1.165) is 24.8 Å². The third-order valence-electron chi connectivity index (χ3n) is 8.25. The quantitative estimate of drug-likeness (QED) is 0.695. The van der Waals surface area contributed by atoms with E-state index in [9.17, 15) is 24.9 Å². The summed E-state index contributed by atoms with van der Waals surface area (Å²) in [7, 11) is 0. The molecule has 0 aromatic carbocycles. The van der Waals surface area contributed by atoms with Crippen LogP contribution in [0.4, 0.5) is 0 Å². The highest BCUT2D eigenvalue weighted by Crippen LogP contribution is 2.67. The molecule has 0 radical (unpaired) electrons. The van der Waals surface area contributed by atoms with Crippen LogP contribution in [0.2, 0.25) is 0 Å². The van der Waals surface area contributed by atoms with E-state index >= 15 is 0 Å². The number of hydrogen-bond donors (Lipinski definition) is 3. The second-order valence-corrected chi connectivity index (χ2v) is 9.19. The van der Waals surface area contributed by atoms with E-state index in [4.69, 9.17) is 0 Å². The second kappa shape index (κ2) is 5.60. The summed E-state index contributed by atoms with van der Waals surface area (Å²) in [6.45, 7) is 3.34. The van der Waals surface area contributed by atoms with Gasteiger partial charge in [-0.05, 0) is 56.1 Å². The zero-order valence-electron chi connectivity index (χ0n) is 15.4. The molecular formula is C21H28O5. The number of rotatable bonds is 2. The van der Waals surface area contributed by atoms with E-state index in [-0.39, 0.29) is 29.0 Å². The van der Waals surface area contributed by atoms with Crippen molar-refractivity contribution in [1.29, 1.82) is 0 Å². The van der Waals surface area contributed by atoms with Gasteiger partial charge in [-0.1, -0.05) is 25.5 Å². The Balaban J connectivity index is 1.75. The van der Waals surface area contributed by atoms with Gasteiger partial charge in [0, 0.05) is 16.7 Å². The Morgan fingerprint density at radius 1 is 1.31 bits per heavy atom. The van der Waals surface area contributed by atoms with Crippen LogP contribution in [0.1, 0.15) is 46.0 Å². The number of hydrogen-bond acceptors (Lipinski definition) is 5. The summed E-state index contributed by atoms with van der Waals surface area (Å²) in [5.41, 5.74) is -1.54. The molecule has 3 N–H and O–H groups in total. The fourth-order valence-corrected chi connectivity index (χ4v) is 6.92. The van der Waals surface area contributed by atoms with Gasteiger partial charge in [0.25, 0.3) is 0 Å². The van der Waals surface area contributed by atoms with Crippen molar-refractivity contribution in [2.24, 2.45) is 28.6 Å². The SMILES string of the molecule is C[C@]12C=CC(=O)C=C1CC[C@H]1[C@H]2[C@@H](O)C[C@]2(C)[C@@H]1CC[C@@]2(O)C(=O)CO. The number of Topliss-reactive ketones (excluding diaryl/α,β-unsaturated/α-hetero) is 1. The minimum absolute atomic E-state index is 0.00912. The Morgan fingerprint density at radius 2 is 2.04 bits per heavy atom. The molecule has 4 aliphatic rings. The molecule has 0 saturated heterocycles. The van der Waals surface area contributed by atoms with Gasteiger partial charge in [0.1, 0.15) is 12.2 Å². The molecule has 0 aromatic heterocycles. The minimum atomic E-state index is -1.56. The standard InChI is InChI=1S/C21H28O5/c1-19-7-5-13(23)9-12(19)3-4-14-15-6-8-21(26,17(25)11-22)20(15,2)10-16(24)18(14)19/h5,7,9,14-16,18,22,24,26H,3-4,6,8,10-11H2,1-2H3/t14-,15-,16+,18+,19+,20-,21-/m1/s1. The molecule has 0 aliphatic heterocycles. The van der Waals surface area contributed by atoms with Crippen molar-refractivity contribution >= 4 is 11.6 Å². The second-order valence-electron chi connectivity index (χ2n) is 9.19. The van der Waals surface area contributed by atoms with E-state index < -0.39 is 29.5 Å². The predicted molar refractivity (Wildman–Crippen MR) is 95.0 cm³/mol. The summed E-state index contributed by atoms with van der Waals surface area (Å²) < 4.78 is 0. The number of fused-ring (bicyclic) bond motifs is 5. The molecular weight excluding hydrogens is 332 g/mol. The zero-order valence-corrected chi connectivity index (χ0v) is 15.4. The molecule has 142 valence electrons. The molecule has 0 unspecified atom stereocenters. The average molecular weight is 360 g/mol. The predicted octanol–water partition coefficient (Wildman–Crippen LogP) is 1.56. The maximum Gasteiger partial charge on any atom is 0.190 e. The molecule has 0 spiro atoms. The molecule has 5 nitrogen and oxygen atoms in total. The first-order valence-corrected chi connectivity index (χ1v) is 9.66. The molecule has 4 rings (SSSR count). The van der Waals surface area contributed by atoms with Gasteiger partial charge in [-0.15, -0.1) is 0 Å². The third-order valence-corrected chi connectivity index (χ3v) is 8.25. The lowest BCUT2D eigenvalue weighted by molar-refractivity contribution is -0.178. The van der Waals surface area contributed by atoms with Crippen LogP contribution in [0.25, 0.3) is 0 Å². The summed E-state index contributed by atoms with van der Waals surface area (Å²) in [4.78, 5) is 24.2. The van der Waals surface area contributed by atoms with E-state index in [1.165, 1.54) is 0 Å². The van der Waals surface area contributed by atoms with Gasteiger partial charge in [-0.25, -0.2) is 0 Å². The molecule has 7 atom stereocenters. The Labute approximate surface area is 153 Å². The van der Waals surface area contributed by atoms with E-state index in [0.29, 0.717) is 12.8 Å². The number of aliphatic hydroxyl groups is 3. The highest BCUT2D eigenvalue weighted by atomic mass is 16.3. The molecule has 0 aromatic rings. The maximum atomic E-state index is 12.4. The normalized spacial score (nSPS) is 49.9. The average Bonchev–Trinajstić information content (AvgIpc) is 2.86. The lowest BCUT2D eigenvalue weighted by Crippen LogP contribution is -2.61. The number of aliphatic hydroxyl groups excluding tert-OH is 2. The maximum absolute atomic E-state index is 12.4. The first kappa shape index (κ1) is 18.1. The number of carbonyl (C=O) groups excluding carboxylic acids is 2. The van der Waals surface area contributed by atoms with Crippen LogP contribution in [0.15, 0.2) is 23.8 Å². The summed E-state index contributed by atoms with van der Waals surface area (Å²) in [6.07, 6.45) is 7.68. The Bertz CT molecular complexity index is 724. The smallest absolute Gasteiger partial charge is 0.190 e. The lowest BCUT2D eigenvalue weighted by atomic mass is 9.46. The van der Waals surface area contributed by atoms with Crippen molar-refractivity contribution in [2.45, 2.75) is 57.7 Å². The van der Waals surface area contributed by atoms with Crippen LogP contribution in [-0.4, -0.2) is 45.2 Å². The molecule has 3 saturated carbocycles. The van der Waals surface area contributed by atoms with E-state index in [2.05, 4.69) is 6.92 Å². The molecule has 26 heavy (non-hydrogen) atoms. The van der Waals surface area contributed by atoms with Crippen LogP contribution >= 0.6 is 0 Å². The Kier molecular flexibility index (Phi) is 3.89. The fraction of sp³-hybridized carbons (Fsp3) is 0.714. The molecule has 0 amide bonds. The van der Waals surface area contributed by atoms with E-state index in [1.807, 2.05) is 13.0 Å². The van der Waals surface area contributed by atoms with Crippen molar-refractivity contribution in [3.05, 3.63) is 23.8 Å². The number of ketones is 2. The first-order valence-electron chi connectivity index (χ1n) is 9.66. The van der Waals surface area contributed by atoms with Crippen molar-refractivity contribution in [2.75, 3.05) is 6.61 Å². The number of carbonyl (C=O) groups is 2. The van der Waals surface area contributed by atoms with Gasteiger partial charge >= 0.3 is 0 Å². The van der Waals surface area contributed by atoms with Crippen molar-refractivity contribution < 1.29 is 24.9 Å². The van der Waals surface area contributed by atoms with Gasteiger partial charge in [-0.2, -0.15) is 0 Å². The van der Waals surface area contributed by atoms with Crippen molar-refractivity contribution in [3.8, 4) is 0 Å². The third kappa shape index (κ3) is 2.08. The Morgan fingerprint density at radius 3 is 2.73 bits per heavy atom. The molecule has 3 fully saturated rings. The zero-order chi connectivity index (χ0) is 18.9. The summed E-state index contributed by atoms with van der Waals surface area (Å²) in [5, 5.41) is 31.7. The van der Waals surface area contributed by atoms with Crippen LogP contribution in [0.5, 0.6) is 0 Å². The summed E-state index contributed by atoms with van der Waals surface area (Å²) in [6, 6.07) is 0. The van der Waals surface area contributed by atoms with Crippen molar-refractivity contribution in [3.63, 3.8) is 0 Å². The molecule has 0 heterocycles. The minimum Gasteiger partial charge on any atom is -0.393 e. The monoisotopic (exact) mass is 360 g/mol. The van der Waals surface area contributed by atoms with Gasteiger partial charge in [0.15, 0.2) is 11.6 Å². The summed E-state index contributed by atoms with van der Waals surface area (Å²) >= 11 is 0. The van der Waals surface area contributed by atoms with E-state index in [1.54, 1.807) is 12.2 Å². The fourth-order valence-electron chi connectivity index (χ4n) is 6.92. The van der Waals surface area contributed by atoms with Gasteiger partial charge < -0.3 is 15.3 Å². The van der Waals surface area contributed by atoms with Crippen LogP contribution in [-0.2, 0) is 9.59 Å². The molecule has 5 heteroatoms. The van der Waals surface area contributed by atoms with Crippen LogP contribution < -0.4 is 0 Å². The number of allylic oxidation sites excluding steroid dienone is 4.